The molecule has 3 aromatic heterocycles. The highest BCUT2D eigenvalue weighted by atomic mass is 35.5. The summed E-state index contributed by atoms with van der Waals surface area (Å²) in [6.07, 6.45) is 5.66. The van der Waals surface area contributed by atoms with Crippen LogP contribution >= 0.6 is 23.2 Å². The first-order chi connectivity index (χ1) is 12.2. The molecule has 1 aliphatic heterocycles. The molecular formula is C16H17Cl2N7. The Bertz CT molecular complexity index is 882. The highest BCUT2D eigenvalue weighted by Gasteiger charge is 2.23. The molecule has 1 fully saturated rings. The quantitative estimate of drug-likeness (QED) is 0.699. The van der Waals surface area contributed by atoms with Crippen LogP contribution in [0.25, 0.3) is 5.78 Å². The number of piperazine rings is 1. The molecule has 130 valence electrons. The summed E-state index contributed by atoms with van der Waals surface area (Å²) in [6.45, 7) is 5.37. The summed E-state index contributed by atoms with van der Waals surface area (Å²) in [4.78, 5) is 17.2. The molecule has 1 aliphatic rings. The maximum Gasteiger partial charge on any atom is 0.254 e. The molecule has 0 N–H and O–H groups in total. The van der Waals surface area contributed by atoms with Crippen LogP contribution in [-0.4, -0.2) is 50.7 Å². The molecule has 0 bridgehead atoms. The number of aryl methyl sites for hydroxylation is 1. The van der Waals surface area contributed by atoms with E-state index in [1.807, 2.05) is 0 Å². The minimum Gasteiger partial charge on any atom is -0.365 e. The minimum absolute atomic E-state index is 0.580. The van der Waals surface area contributed by atoms with Crippen LogP contribution in [0.3, 0.4) is 0 Å². The van der Waals surface area contributed by atoms with Gasteiger partial charge in [0.15, 0.2) is 0 Å². The summed E-state index contributed by atoms with van der Waals surface area (Å²) < 4.78 is 1.79. The van der Waals surface area contributed by atoms with Gasteiger partial charge in [-0.2, -0.15) is 14.6 Å². The zero-order chi connectivity index (χ0) is 17.4. The lowest BCUT2D eigenvalue weighted by Crippen LogP contribution is -2.47. The molecule has 0 aliphatic carbocycles. The number of fused-ring (bicyclic) bond motifs is 1. The Kier molecular flexibility index (Phi) is 4.35. The first kappa shape index (κ1) is 16.4. The van der Waals surface area contributed by atoms with Gasteiger partial charge in [-0.05, 0) is 6.42 Å². The van der Waals surface area contributed by atoms with E-state index in [1.54, 1.807) is 16.9 Å². The van der Waals surface area contributed by atoms with Gasteiger partial charge in [-0.25, -0.2) is 4.98 Å². The lowest BCUT2D eigenvalue weighted by molar-refractivity contribution is 0.638. The Morgan fingerprint density at radius 2 is 1.72 bits per heavy atom. The second kappa shape index (κ2) is 6.65. The number of pyridine rings is 1. The molecular weight excluding hydrogens is 361 g/mol. The van der Waals surface area contributed by atoms with Crippen molar-refractivity contribution in [3.8, 4) is 0 Å². The van der Waals surface area contributed by atoms with Crippen molar-refractivity contribution in [2.45, 2.75) is 13.3 Å². The van der Waals surface area contributed by atoms with Crippen LogP contribution in [0.1, 0.15) is 12.6 Å². The fraction of sp³-hybridized carbons (Fsp3) is 0.375. The Balaban J connectivity index is 1.59. The summed E-state index contributed by atoms with van der Waals surface area (Å²) in [5.74, 6) is 1.66. The standard InChI is InChI=1S/C16H17Cl2N7/c1-2-11-7-14(25-16(22-11)20-10-21-25)23-3-5-24(6-4-23)15-12(17)8-19-9-13(15)18/h7-10H,2-6H2,1H3. The lowest BCUT2D eigenvalue weighted by atomic mass is 10.2. The third kappa shape index (κ3) is 2.98. The predicted molar refractivity (Wildman–Crippen MR) is 98.8 cm³/mol. The van der Waals surface area contributed by atoms with E-state index < -0.39 is 0 Å². The largest absolute Gasteiger partial charge is 0.365 e. The van der Waals surface area contributed by atoms with Crippen molar-refractivity contribution in [1.29, 1.82) is 0 Å². The van der Waals surface area contributed by atoms with Crippen molar-refractivity contribution >= 4 is 40.5 Å². The molecule has 4 heterocycles. The first-order valence-electron chi connectivity index (χ1n) is 8.16. The summed E-state index contributed by atoms with van der Waals surface area (Å²) in [6, 6.07) is 2.09. The Labute approximate surface area is 155 Å². The number of anilines is 2. The number of aromatic nitrogens is 5. The molecule has 0 unspecified atom stereocenters. The molecule has 0 spiro atoms. The number of hydrogen-bond acceptors (Lipinski definition) is 6. The fourth-order valence-corrected chi connectivity index (χ4v) is 3.72. The van der Waals surface area contributed by atoms with Crippen molar-refractivity contribution in [3.05, 3.63) is 40.5 Å². The molecule has 3 aromatic rings. The van der Waals surface area contributed by atoms with Gasteiger partial charge in [-0.15, -0.1) is 0 Å². The molecule has 1 saturated heterocycles. The minimum atomic E-state index is 0.580. The smallest absolute Gasteiger partial charge is 0.254 e. The normalized spacial score (nSPS) is 15.2. The van der Waals surface area contributed by atoms with Gasteiger partial charge in [0.05, 0.1) is 15.7 Å². The van der Waals surface area contributed by atoms with Crippen molar-refractivity contribution in [3.63, 3.8) is 0 Å². The molecule has 25 heavy (non-hydrogen) atoms. The van der Waals surface area contributed by atoms with E-state index in [4.69, 9.17) is 23.2 Å². The van der Waals surface area contributed by atoms with Gasteiger partial charge < -0.3 is 9.80 Å². The highest BCUT2D eigenvalue weighted by molar-refractivity contribution is 6.38. The number of nitrogens with zero attached hydrogens (tertiary/aromatic N) is 7. The van der Waals surface area contributed by atoms with Crippen LogP contribution in [0.5, 0.6) is 0 Å². The second-order valence-corrected chi connectivity index (χ2v) is 6.67. The number of hydrogen-bond donors (Lipinski definition) is 0. The van der Waals surface area contributed by atoms with E-state index in [-0.39, 0.29) is 0 Å². The van der Waals surface area contributed by atoms with E-state index in [9.17, 15) is 0 Å². The van der Waals surface area contributed by atoms with Crippen LogP contribution in [0.4, 0.5) is 11.5 Å². The molecule has 4 rings (SSSR count). The predicted octanol–water partition coefficient (Wildman–Crippen LogP) is 2.72. The molecule has 7 nitrogen and oxygen atoms in total. The van der Waals surface area contributed by atoms with Crippen LogP contribution in [0.2, 0.25) is 10.0 Å². The SMILES string of the molecule is CCc1cc(N2CCN(c3c(Cl)cncc3Cl)CC2)n2ncnc2n1. The highest BCUT2D eigenvalue weighted by Crippen LogP contribution is 2.33. The Hall–Kier alpha value is -2.12. The first-order valence-corrected chi connectivity index (χ1v) is 8.91. The van der Waals surface area contributed by atoms with Gasteiger partial charge in [-0.3, -0.25) is 4.98 Å². The van der Waals surface area contributed by atoms with Crippen LogP contribution in [0.15, 0.2) is 24.8 Å². The Morgan fingerprint density at radius 3 is 2.40 bits per heavy atom. The lowest BCUT2D eigenvalue weighted by Gasteiger charge is -2.37. The second-order valence-electron chi connectivity index (χ2n) is 5.86. The molecule has 0 radical (unpaired) electrons. The molecule has 9 heteroatoms. The van der Waals surface area contributed by atoms with Gasteiger partial charge >= 0.3 is 0 Å². The topological polar surface area (TPSA) is 62.5 Å². The molecule has 0 atom stereocenters. The maximum atomic E-state index is 6.29. The zero-order valence-electron chi connectivity index (χ0n) is 13.7. The third-order valence-electron chi connectivity index (χ3n) is 4.40. The molecule has 0 aromatic carbocycles. The number of rotatable bonds is 3. The van der Waals surface area contributed by atoms with Crippen molar-refractivity contribution in [2.75, 3.05) is 36.0 Å². The summed E-state index contributed by atoms with van der Waals surface area (Å²) in [5, 5.41) is 5.47. The molecule has 0 saturated carbocycles. The molecule has 0 amide bonds. The van der Waals surface area contributed by atoms with E-state index in [0.29, 0.717) is 15.8 Å². The zero-order valence-corrected chi connectivity index (χ0v) is 15.2. The van der Waals surface area contributed by atoms with E-state index >= 15 is 0 Å². The van der Waals surface area contributed by atoms with Gasteiger partial charge in [0.1, 0.15) is 12.1 Å². The summed E-state index contributed by atoms with van der Waals surface area (Å²) >= 11 is 12.6. The maximum absolute atomic E-state index is 6.29. The number of halogens is 2. The third-order valence-corrected chi connectivity index (χ3v) is 4.95. The van der Waals surface area contributed by atoms with Crippen LogP contribution in [-0.2, 0) is 6.42 Å². The van der Waals surface area contributed by atoms with E-state index in [0.717, 1.165) is 49.8 Å². The van der Waals surface area contributed by atoms with Gasteiger partial charge in [0.25, 0.3) is 5.78 Å². The van der Waals surface area contributed by atoms with E-state index in [1.165, 1.54) is 6.33 Å². The van der Waals surface area contributed by atoms with Gasteiger partial charge in [0.2, 0.25) is 0 Å². The fourth-order valence-electron chi connectivity index (χ4n) is 3.12. The Morgan fingerprint density at radius 1 is 1.04 bits per heavy atom. The monoisotopic (exact) mass is 377 g/mol. The van der Waals surface area contributed by atoms with Crippen LogP contribution in [0, 0.1) is 0 Å². The van der Waals surface area contributed by atoms with Gasteiger partial charge in [0, 0.05) is 50.3 Å². The van der Waals surface area contributed by atoms with Crippen LogP contribution < -0.4 is 9.80 Å². The van der Waals surface area contributed by atoms with Gasteiger partial charge in [-0.1, -0.05) is 30.1 Å². The average molecular weight is 378 g/mol. The van der Waals surface area contributed by atoms with Crippen molar-refractivity contribution in [2.24, 2.45) is 0 Å². The van der Waals surface area contributed by atoms with Crippen molar-refractivity contribution < 1.29 is 0 Å². The summed E-state index contributed by atoms with van der Waals surface area (Å²) in [7, 11) is 0. The van der Waals surface area contributed by atoms with E-state index in [2.05, 4.69) is 42.8 Å². The summed E-state index contributed by atoms with van der Waals surface area (Å²) in [5.41, 5.74) is 1.87. The van der Waals surface area contributed by atoms with Crippen molar-refractivity contribution in [1.82, 2.24) is 24.6 Å². The average Bonchev–Trinajstić information content (AvgIpc) is 3.10.